The van der Waals surface area contributed by atoms with Crippen LogP contribution in [-0.2, 0) is 0 Å². The first-order valence-corrected chi connectivity index (χ1v) is 4.45. The van der Waals surface area contributed by atoms with Gasteiger partial charge in [-0.15, -0.1) is 5.10 Å². The van der Waals surface area contributed by atoms with Gasteiger partial charge in [0.15, 0.2) is 0 Å². The molecule has 1 amide bonds. The summed E-state index contributed by atoms with van der Waals surface area (Å²) in [6.45, 7) is 3.43. The topological polar surface area (TPSA) is 108 Å². The number of aromatic nitrogens is 3. The molecule has 0 fully saturated rings. The van der Waals surface area contributed by atoms with Gasteiger partial charge in [-0.3, -0.25) is 9.89 Å². The van der Waals surface area contributed by atoms with Crippen LogP contribution in [0.1, 0.15) is 24.5 Å². The fourth-order valence-corrected chi connectivity index (χ4v) is 1.20. The summed E-state index contributed by atoms with van der Waals surface area (Å²) in [7, 11) is 1.57. The lowest BCUT2D eigenvalue weighted by Crippen LogP contribution is -2.40. The minimum absolute atomic E-state index is 0.0232. The smallest absolute Gasteiger partial charge is 0.291 e. The number of nitrogen functional groups attached to an aromatic ring is 1. The summed E-state index contributed by atoms with van der Waals surface area (Å²) in [5, 5.41) is 15.5. The molecule has 15 heavy (non-hydrogen) atoms. The van der Waals surface area contributed by atoms with Gasteiger partial charge in [0.05, 0.1) is 5.60 Å². The highest BCUT2D eigenvalue weighted by atomic mass is 16.3. The molecule has 1 aromatic heterocycles. The number of nitrogens with zero attached hydrogens (tertiary/aromatic N) is 3. The Kier molecular flexibility index (Phi) is 2.94. The van der Waals surface area contributed by atoms with Gasteiger partial charge in [0.1, 0.15) is 0 Å². The SMILES string of the molecule is CN(CC(C)(C)O)C(=O)c1nc(N)n[nH]1. The van der Waals surface area contributed by atoms with Crippen molar-refractivity contribution in [3.8, 4) is 0 Å². The molecule has 0 radical (unpaired) electrons. The lowest BCUT2D eigenvalue weighted by Gasteiger charge is -2.24. The van der Waals surface area contributed by atoms with Gasteiger partial charge in [-0.1, -0.05) is 0 Å². The Morgan fingerprint density at radius 2 is 2.27 bits per heavy atom. The van der Waals surface area contributed by atoms with Crippen LogP contribution in [0.4, 0.5) is 5.95 Å². The van der Waals surface area contributed by atoms with Gasteiger partial charge in [0.2, 0.25) is 11.8 Å². The molecule has 0 atom stereocenters. The number of amides is 1. The largest absolute Gasteiger partial charge is 0.389 e. The first-order valence-electron chi connectivity index (χ1n) is 4.45. The summed E-state index contributed by atoms with van der Waals surface area (Å²) in [5.74, 6) is -0.268. The number of carbonyl (C=O) groups is 1. The Morgan fingerprint density at radius 1 is 1.67 bits per heavy atom. The molecule has 0 saturated heterocycles. The number of aliphatic hydroxyl groups is 1. The van der Waals surface area contributed by atoms with Gasteiger partial charge in [-0.25, -0.2) is 0 Å². The van der Waals surface area contributed by atoms with Crippen LogP contribution in [0, 0.1) is 0 Å². The molecule has 1 rings (SSSR count). The van der Waals surface area contributed by atoms with E-state index in [1.807, 2.05) is 0 Å². The number of likely N-dealkylation sites (N-methyl/N-ethyl adjacent to an activating group) is 1. The van der Waals surface area contributed by atoms with Gasteiger partial charge >= 0.3 is 0 Å². The number of nitrogens with two attached hydrogens (primary N) is 1. The Bertz CT molecular complexity index is 354. The Balaban J connectivity index is 2.69. The highest BCUT2D eigenvalue weighted by molar-refractivity contribution is 5.90. The third-order valence-corrected chi connectivity index (χ3v) is 1.68. The number of nitrogens with one attached hydrogen (secondary N) is 1. The van der Waals surface area contributed by atoms with Gasteiger partial charge < -0.3 is 15.7 Å². The van der Waals surface area contributed by atoms with Gasteiger partial charge in [-0.05, 0) is 13.8 Å². The van der Waals surface area contributed by atoms with Crippen LogP contribution >= 0.6 is 0 Å². The molecule has 0 unspecified atom stereocenters. The zero-order chi connectivity index (χ0) is 11.6. The maximum absolute atomic E-state index is 11.7. The fraction of sp³-hybridized carbons (Fsp3) is 0.625. The summed E-state index contributed by atoms with van der Waals surface area (Å²) in [6.07, 6.45) is 0. The molecule has 7 heteroatoms. The van der Waals surface area contributed by atoms with Crippen LogP contribution in [0.2, 0.25) is 0 Å². The number of anilines is 1. The molecule has 0 aliphatic rings. The fourth-order valence-electron chi connectivity index (χ4n) is 1.20. The second-order valence-corrected chi connectivity index (χ2v) is 4.02. The number of hydrogen-bond donors (Lipinski definition) is 3. The Morgan fingerprint density at radius 3 is 2.67 bits per heavy atom. The standard InChI is InChI=1S/C8H15N5O2/c1-8(2,15)4-13(3)6(14)5-10-7(9)12-11-5/h15H,4H2,1-3H3,(H3,9,10,11,12). The molecule has 7 nitrogen and oxygen atoms in total. The molecule has 0 aromatic carbocycles. The van der Waals surface area contributed by atoms with E-state index in [1.165, 1.54) is 4.90 Å². The summed E-state index contributed by atoms with van der Waals surface area (Å²) in [4.78, 5) is 16.7. The molecule has 4 N–H and O–H groups in total. The molecule has 1 aromatic rings. The van der Waals surface area contributed by atoms with Crippen molar-refractivity contribution >= 4 is 11.9 Å². The minimum atomic E-state index is -0.948. The van der Waals surface area contributed by atoms with Gasteiger partial charge in [-0.2, -0.15) is 4.98 Å². The Labute approximate surface area is 87.3 Å². The predicted molar refractivity (Wildman–Crippen MR) is 54.1 cm³/mol. The molecule has 0 saturated carbocycles. The van der Waals surface area contributed by atoms with Gasteiger partial charge in [0.25, 0.3) is 5.91 Å². The number of carbonyl (C=O) groups excluding carboxylic acids is 1. The number of H-pyrrole nitrogens is 1. The van der Waals surface area contributed by atoms with E-state index in [0.29, 0.717) is 0 Å². The van der Waals surface area contributed by atoms with Crippen molar-refractivity contribution in [2.45, 2.75) is 19.4 Å². The Hall–Kier alpha value is -1.63. The van der Waals surface area contributed by atoms with E-state index in [0.717, 1.165) is 0 Å². The maximum Gasteiger partial charge on any atom is 0.291 e. The van der Waals surface area contributed by atoms with E-state index in [4.69, 9.17) is 5.73 Å². The maximum atomic E-state index is 11.7. The van der Waals surface area contributed by atoms with E-state index < -0.39 is 5.60 Å². The van der Waals surface area contributed by atoms with Crippen LogP contribution < -0.4 is 5.73 Å². The third-order valence-electron chi connectivity index (χ3n) is 1.68. The van der Waals surface area contributed by atoms with Crippen LogP contribution in [0.5, 0.6) is 0 Å². The summed E-state index contributed by atoms with van der Waals surface area (Å²) >= 11 is 0. The van der Waals surface area contributed by atoms with Crippen molar-refractivity contribution in [2.24, 2.45) is 0 Å². The average molecular weight is 213 g/mol. The van der Waals surface area contributed by atoms with Crippen molar-refractivity contribution in [2.75, 3.05) is 19.3 Å². The lowest BCUT2D eigenvalue weighted by atomic mass is 10.1. The van der Waals surface area contributed by atoms with E-state index in [1.54, 1.807) is 20.9 Å². The number of rotatable bonds is 3. The highest BCUT2D eigenvalue weighted by Gasteiger charge is 2.22. The van der Waals surface area contributed by atoms with Crippen molar-refractivity contribution in [1.82, 2.24) is 20.1 Å². The van der Waals surface area contributed by atoms with E-state index in [2.05, 4.69) is 15.2 Å². The molecule has 0 aliphatic heterocycles. The summed E-state index contributed by atoms with van der Waals surface area (Å²) in [5.41, 5.74) is 4.32. The second-order valence-electron chi connectivity index (χ2n) is 4.02. The molecular weight excluding hydrogens is 198 g/mol. The quantitative estimate of drug-likeness (QED) is 0.611. The molecule has 0 spiro atoms. The first kappa shape index (κ1) is 11.4. The monoisotopic (exact) mass is 213 g/mol. The van der Waals surface area contributed by atoms with Crippen LogP contribution in [-0.4, -0.2) is 50.3 Å². The average Bonchev–Trinajstić information content (AvgIpc) is 2.47. The van der Waals surface area contributed by atoms with Crippen LogP contribution in [0.3, 0.4) is 0 Å². The lowest BCUT2D eigenvalue weighted by molar-refractivity contribution is 0.0362. The molecule has 84 valence electrons. The van der Waals surface area contributed by atoms with E-state index >= 15 is 0 Å². The highest BCUT2D eigenvalue weighted by Crippen LogP contribution is 2.06. The first-order chi connectivity index (χ1) is 6.79. The van der Waals surface area contributed by atoms with Crippen molar-refractivity contribution < 1.29 is 9.90 Å². The molecular formula is C8H15N5O2. The molecule has 0 bridgehead atoms. The van der Waals surface area contributed by atoms with Crippen molar-refractivity contribution in [3.05, 3.63) is 5.82 Å². The zero-order valence-electron chi connectivity index (χ0n) is 8.98. The molecule has 0 aliphatic carbocycles. The summed E-state index contributed by atoms with van der Waals surface area (Å²) < 4.78 is 0. The summed E-state index contributed by atoms with van der Waals surface area (Å²) in [6, 6.07) is 0. The second kappa shape index (κ2) is 3.85. The van der Waals surface area contributed by atoms with E-state index in [9.17, 15) is 9.90 Å². The van der Waals surface area contributed by atoms with Crippen LogP contribution in [0.25, 0.3) is 0 Å². The van der Waals surface area contributed by atoms with Crippen LogP contribution in [0.15, 0.2) is 0 Å². The van der Waals surface area contributed by atoms with Crippen molar-refractivity contribution in [1.29, 1.82) is 0 Å². The molecule has 1 heterocycles. The minimum Gasteiger partial charge on any atom is -0.389 e. The number of hydrogen-bond acceptors (Lipinski definition) is 5. The van der Waals surface area contributed by atoms with Crippen molar-refractivity contribution in [3.63, 3.8) is 0 Å². The predicted octanol–water partition coefficient (Wildman–Crippen LogP) is -0.770. The van der Waals surface area contributed by atoms with E-state index in [-0.39, 0.29) is 24.2 Å². The normalized spacial score (nSPS) is 11.5. The zero-order valence-corrected chi connectivity index (χ0v) is 8.98. The number of aromatic amines is 1. The third kappa shape index (κ3) is 3.21. The van der Waals surface area contributed by atoms with Gasteiger partial charge in [0, 0.05) is 13.6 Å².